The molecule has 18 nitrogen and oxygen atoms in total. The van der Waals surface area contributed by atoms with Crippen molar-refractivity contribution >= 4 is 118 Å². The molecule has 6 aromatic rings. The first kappa shape index (κ1) is 43.1. The van der Waals surface area contributed by atoms with E-state index in [-0.39, 0.29) is 69.8 Å². The van der Waals surface area contributed by atoms with E-state index >= 15 is 0 Å². The van der Waals surface area contributed by atoms with Crippen LogP contribution in [0.1, 0.15) is 44.3 Å². The molecule has 0 atom stereocenters. The smallest absolute Gasteiger partial charge is 0.350 e. The molecule has 0 amide bonds. The average molecular weight is 914 g/mol. The number of thiophene rings is 2. The summed E-state index contributed by atoms with van der Waals surface area (Å²) in [5.41, 5.74) is 17.6. The van der Waals surface area contributed by atoms with Crippen LogP contribution in [0.3, 0.4) is 0 Å². The lowest BCUT2D eigenvalue weighted by atomic mass is 10.1. The molecule has 0 saturated carbocycles. The number of thioether (sulfide) groups is 1. The highest BCUT2D eigenvalue weighted by molar-refractivity contribution is 7.99. The summed E-state index contributed by atoms with van der Waals surface area (Å²) in [6.07, 6.45) is 1.75. The van der Waals surface area contributed by atoms with Gasteiger partial charge in [-0.2, -0.15) is 10.5 Å². The Labute approximate surface area is 360 Å². The molecule has 2 aliphatic rings. The molecule has 23 heteroatoms. The molecule has 0 saturated heterocycles. The fourth-order valence-corrected chi connectivity index (χ4v) is 8.93. The van der Waals surface area contributed by atoms with Crippen molar-refractivity contribution in [2.45, 2.75) is 18.7 Å². The van der Waals surface area contributed by atoms with Crippen molar-refractivity contribution in [3.8, 4) is 35.1 Å². The number of aromatic amines is 2. The van der Waals surface area contributed by atoms with Crippen LogP contribution < -0.4 is 52.6 Å². The quantitative estimate of drug-likeness (QED) is 0.0537. The molecule has 0 spiro atoms. The summed E-state index contributed by atoms with van der Waals surface area (Å²) < 4.78 is 30.9. The van der Waals surface area contributed by atoms with Crippen molar-refractivity contribution < 1.29 is 38.0 Å². The van der Waals surface area contributed by atoms with E-state index < -0.39 is 23.1 Å². The van der Waals surface area contributed by atoms with Crippen molar-refractivity contribution in [2.24, 2.45) is 0 Å². The lowest BCUT2D eigenvalue weighted by Gasteiger charge is -2.13. The number of rotatable bonds is 7. The number of nitrogen functional groups attached to an aromatic ring is 3. The molecule has 0 aliphatic carbocycles. The van der Waals surface area contributed by atoms with Gasteiger partial charge >= 0.3 is 11.9 Å². The van der Waals surface area contributed by atoms with E-state index in [1.54, 1.807) is 44.4 Å². The molecule has 4 aromatic heterocycles. The van der Waals surface area contributed by atoms with Crippen LogP contribution in [0.5, 0.6) is 23.0 Å². The zero-order valence-corrected chi connectivity index (χ0v) is 35.3. The number of pyridine rings is 2. The van der Waals surface area contributed by atoms with E-state index in [1.165, 1.54) is 11.8 Å². The number of nitriles is 2. The van der Waals surface area contributed by atoms with E-state index in [1.807, 2.05) is 12.1 Å². The van der Waals surface area contributed by atoms with Gasteiger partial charge in [0, 0.05) is 10.3 Å². The molecule has 60 heavy (non-hydrogen) atoms. The first-order valence-electron chi connectivity index (χ1n) is 17.1. The Bertz CT molecular complexity index is 2920. The number of halogens is 2. The van der Waals surface area contributed by atoms with E-state index in [9.17, 15) is 24.4 Å². The summed E-state index contributed by atoms with van der Waals surface area (Å²) >= 11 is 15.3. The lowest BCUT2D eigenvalue weighted by Crippen LogP contribution is -2.13. The summed E-state index contributed by atoms with van der Waals surface area (Å²) in [6.45, 7) is 4.00. The van der Waals surface area contributed by atoms with Crippen molar-refractivity contribution in [2.75, 3.05) is 55.6 Å². The van der Waals surface area contributed by atoms with E-state index in [0.717, 1.165) is 22.7 Å². The second-order valence-corrected chi connectivity index (χ2v) is 15.5. The predicted octanol–water partition coefficient (Wildman–Crippen LogP) is 6.94. The maximum atomic E-state index is 12.5. The minimum atomic E-state index is -0.639. The fourth-order valence-electron chi connectivity index (χ4n) is 5.73. The monoisotopic (exact) mass is 912 g/mol. The molecule has 0 bridgehead atoms. The Morgan fingerprint density at radius 3 is 1.82 bits per heavy atom. The lowest BCUT2D eigenvalue weighted by molar-refractivity contribution is 0.0523. The van der Waals surface area contributed by atoms with Gasteiger partial charge in [-0.05, 0) is 44.4 Å². The third kappa shape index (κ3) is 8.08. The first-order chi connectivity index (χ1) is 28.8. The number of fused-ring (bicyclic) bond motifs is 4. The summed E-state index contributed by atoms with van der Waals surface area (Å²) in [7, 11) is 0. The number of nitrogens with one attached hydrogen (secondary N) is 3. The highest BCUT2D eigenvalue weighted by atomic mass is 35.5. The van der Waals surface area contributed by atoms with Crippen LogP contribution in [0.2, 0.25) is 10.0 Å². The molecule has 0 fully saturated rings. The Balaban J connectivity index is 0.000000167. The highest BCUT2D eigenvalue weighted by Gasteiger charge is 2.28. The number of nitrogens with zero attached hydrogens (tertiary/aromatic N) is 2. The molecule has 0 unspecified atom stereocenters. The Morgan fingerprint density at radius 1 is 0.767 bits per heavy atom. The van der Waals surface area contributed by atoms with Crippen LogP contribution in [-0.2, 0) is 9.47 Å². The van der Waals surface area contributed by atoms with Gasteiger partial charge in [0.1, 0.15) is 48.4 Å². The molecular weight excluding hydrogens is 884 g/mol. The van der Waals surface area contributed by atoms with Crippen LogP contribution in [-0.4, -0.2) is 55.0 Å². The van der Waals surface area contributed by atoms with Gasteiger partial charge in [0.15, 0.2) is 23.0 Å². The molecule has 310 valence electrons. The molecule has 6 heterocycles. The molecule has 2 aromatic carbocycles. The second kappa shape index (κ2) is 18.2. The van der Waals surface area contributed by atoms with E-state index in [2.05, 4.69) is 15.3 Å². The molecule has 8 rings (SSSR count). The number of carbonyl (C=O) groups is 2. The maximum absolute atomic E-state index is 12.5. The second-order valence-electron chi connectivity index (χ2n) is 11.8. The summed E-state index contributed by atoms with van der Waals surface area (Å²) in [5, 5.41) is 23.2. The van der Waals surface area contributed by atoms with Crippen molar-refractivity contribution in [1.29, 1.82) is 10.5 Å². The Hall–Kier alpha value is -6.49. The van der Waals surface area contributed by atoms with Crippen molar-refractivity contribution in [3.63, 3.8) is 0 Å². The Morgan fingerprint density at radius 2 is 1.27 bits per heavy atom. The number of H-pyrrole nitrogens is 2. The van der Waals surface area contributed by atoms with Crippen LogP contribution in [0.25, 0.3) is 20.4 Å². The molecule has 0 radical (unpaired) electrons. The van der Waals surface area contributed by atoms with Gasteiger partial charge in [-0.1, -0.05) is 23.2 Å². The van der Waals surface area contributed by atoms with Gasteiger partial charge in [0.2, 0.25) is 13.6 Å². The average Bonchev–Trinajstić information content (AvgIpc) is 4.04. The van der Waals surface area contributed by atoms with Gasteiger partial charge in [-0.3, -0.25) is 9.59 Å². The Kier molecular flexibility index (Phi) is 13.1. The SMILES string of the molecule is CCOC(=O)c1sc2[nH]c(=O)c(C#N)c(Nc3c(Cl)ccc4c3OCO4)c2c1N.CCOC(=O)c1sc2[nH]c(=O)c(C#N)c(SC)c2c1N.Nc1c(Cl)ccc2c1OCO2. The summed E-state index contributed by atoms with van der Waals surface area (Å²) in [6, 6.07) is 10.4. The molecular formula is C37H30Cl2N8O10S3. The predicted molar refractivity (Wildman–Crippen MR) is 230 cm³/mol. The molecule has 9 N–H and O–H groups in total. The largest absolute Gasteiger partial charge is 0.462 e. The van der Waals surface area contributed by atoms with Crippen LogP contribution in [0.4, 0.5) is 28.4 Å². The van der Waals surface area contributed by atoms with Crippen LogP contribution in [0, 0.1) is 22.7 Å². The normalized spacial score (nSPS) is 11.8. The number of hydrogen-bond acceptors (Lipinski definition) is 19. The van der Waals surface area contributed by atoms with Crippen LogP contribution >= 0.6 is 57.6 Å². The van der Waals surface area contributed by atoms with Gasteiger partial charge in [-0.25, -0.2) is 9.59 Å². The van der Waals surface area contributed by atoms with Gasteiger partial charge in [0.25, 0.3) is 11.1 Å². The number of aromatic nitrogens is 2. The number of anilines is 5. The summed E-state index contributed by atoms with van der Waals surface area (Å²) in [4.78, 5) is 55.1. The zero-order valence-electron chi connectivity index (χ0n) is 31.3. The zero-order chi connectivity index (χ0) is 43.4. The third-order valence-corrected chi connectivity index (χ3v) is 12.0. The van der Waals surface area contributed by atoms with Gasteiger partial charge in [-0.15, -0.1) is 34.4 Å². The number of benzene rings is 2. The topological polar surface area (TPSA) is 293 Å². The molecule has 2 aliphatic heterocycles. The minimum absolute atomic E-state index is 0.00455. The maximum Gasteiger partial charge on any atom is 0.350 e. The summed E-state index contributed by atoms with van der Waals surface area (Å²) in [5.74, 6) is 0.866. The number of hydrogen-bond donors (Lipinski definition) is 6. The number of carbonyl (C=O) groups excluding carboxylic acids is 2. The van der Waals surface area contributed by atoms with Crippen molar-refractivity contribution in [1.82, 2.24) is 9.97 Å². The highest BCUT2D eigenvalue weighted by Crippen LogP contribution is 2.47. The standard InChI is InChI=1S/C18H13ClN4O5S.C12H11N3O3S2.C7H6ClNO2/c1-2-26-18(25)15-11(21)10-12(7(5-20)16(24)23-17(10)29-15)22-13-8(19)3-4-9-14(13)28-6-27-9;1-3-18-12(17)9-7(14)6-8(19-2)5(4-13)10(16)15-11(6)20-9;8-4-1-2-5-7(6(4)9)11-3-10-5/h3-4H,2,6,21H2,1H3,(H2,22,23,24);3,14H2,1-2H3,(H,15,16);1-2H,3,9H2. The van der Waals surface area contributed by atoms with Crippen LogP contribution in [0.15, 0.2) is 38.8 Å². The first-order valence-corrected chi connectivity index (χ1v) is 20.7. The van der Waals surface area contributed by atoms with Gasteiger partial charge in [0.05, 0.1) is 51.4 Å². The number of ether oxygens (including phenoxy) is 6. The number of esters is 2. The van der Waals surface area contributed by atoms with Gasteiger partial charge < -0.3 is 60.9 Å². The fraction of sp³-hybridized carbons (Fsp3) is 0.189. The van der Waals surface area contributed by atoms with Crippen molar-refractivity contribution in [3.05, 3.63) is 75.9 Å². The van der Waals surface area contributed by atoms with E-state index in [0.29, 0.717) is 64.7 Å². The third-order valence-electron chi connectivity index (χ3n) is 8.36. The number of nitrogens with two attached hydrogens (primary N) is 3. The van der Waals surface area contributed by atoms with E-state index in [4.69, 9.17) is 74.1 Å². The minimum Gasteiger partial charge on any atom is -0.462 e.